The van der Waals surface area contributed by atoms with Crippen LogP contribution in [0.15, 0.2) is 30.1 Å². The van der Waals surface area contributed by atoms with Crippen molar-refractivity contribution in [2.24, 2.45) is 0 Å². The molecule has 1 aliphatic heterocycles. The summed E-state index contributed by atoms with van der Waals surface area (Å²) in [6.45, 7) is 0. The Balaban J connectivity index is 1.78. The molecule has 1 aromatic rings. The molecule has 4 heteroatoms. The van der Waals surface area contributed by atoms with Crippen LogP contribution in [0.1, 0.15) is 29.9 Å². The third kappa shape index (κ3) is 2.05. The molecule has 0 saturated carbocycles. The van der Waals surface area contributed by atoms with Crippen LogP contribution >= 0.6 is 12.2 Å². The molecule has 0 fully saturated rings. The van der Waals surface area contributed by atoms with E-state index in [1.54, 1.807) is 12.1 Å². The fourth-order valence-corrected chi connectivity index (χ4v) is 2.76. The van der Waals surface area contributed by atoms with Crippen LogP contribution in [0.2, 0.25) is 0 Å². The molecule has 1 heterocycles. The van der Waals surface area contributed by atoms with Gasteiger partial charge in [-0.05, 0) is 60.7 Å². The summed E-state index contributed by atoms with van der Waals surface area (Å²) in [5.74, 6) is 0.306. The quantitative estimate of drug-likeness (QED) is 0.813. The van der Waals surface area contributed by atoms with Gasteiger partial charge in [0.15, 0.2) is 5.11 Å². The number of nitrogens with zero attached hydrogens (tertiary/aromatic N) is 1. The van der Waals surface area contributed by atoms with Crippen LogP contribution < -0.4 is 10.6 Å². The van der Waals surface area contributed by atoms with E-state index in [-0.39, 0.29) is 5.82 Å². The first kappa shape index (κ1) is 10.7. The molecule has 0 amide bonds. The van der Waals surface area contributed by atoms with E-state index >= 15 is 0 Å². The molecule has 0 aromatic heterocycles. The van der Waals surface area contributed by atoms with Gasteiger partial charge in [0.25, 0.3) is 0 Å². The van der Waals surface area contributed by atoms with Crippen LogP contribution in [0.3, 0.4) is 0 Å². The maximum atomic E-state index is 13.1. The summed E-state index contributed by atoms with van der Waals surface area (Å²) in [5.41, 5.74) is 3.40. The summed E-state index contributed by atoms with van der Waals surface area (Å²) in [7, 11) is 0. The predicted octanol–water partition coefficient (Wildman–Crippen LogP) is 2.58. The van der Waals surface area contributed by atoms with E-state index in [0.29, 0.717) is 11.0 Å². The first-order valence-electron chi connectivity index (χ1n) is 5.72. The van der Waals surface area contributed by atoms with Gasteiger partial charge in [-0.1, -0.05) is 6.07 Å². The Morgan fingerprint density at radius 1 is 1.47 bits per heavy atom. The molecular weight excluding hydrogens is 235 g/mol. The van der Waals surface area contributed by atoms with Crippen LogP contribution in [-0.2, 0) is 6.42 Å². The zero-order valence-corrected chi connectivity index (χ0v) is 10.1. The van der Waals surface area contributed by atoms with E-state index in [4.69, 9.17) is 12.2 Å². The lowest BCUT2D eigenvalue weighted by atomic mass is 9.96. The number of halogens is 1. The van der Waals surface area contributed by atoms with E-state index in [0.717, 1.165) is 30.5 Å². The fourth-order valence-electron chi connectivity index (χ4n) is 2.58. The summed E-state index contributed by atoms with van der Waals surface area (Å²) in [5, 5.41) is 7.71. The highest BCUT2D eigenvalue weighted by molar-refractivity contribution is 7.80. The maximum absolute atomic E-state index is 13.1. The first-order valence-corrected chi connectivity index (χ1v) is 6.13. The molecular formula is C13H12FN2S. The standard InChI is InChI=1S/C13H12FN2S/c14-10-3-4-12-8(5-10)1-2-9(12)6-11-7-15-13(17)16-11/h3-5,7,9H,1-2,6H2,(H,15,17). The molecule has 2 aliphatic rings. The monoisotopic (exact) mass is 247 g/mol. The third-order valence-electron chi connectivity index (χ3n) is 3.37. The van der Waals surface area contributed by atoms with Crippen molar-refractivity contribution in [1.82, 2.24) is 10.6 Å². The minimum Gasteiger partial charge on any atom is -0.336 e. The lowest BCUT2D eigenvalue weighted by Gasteiger charge is -2.11. The van der Waals surface area contributed by atoms with Crippen LogP contribution in [0.25, 0.3) is 0 Å². The molecule has 1 unspecified atom stereocenters. The van der Waals surface area contributed by atoms with Crippen molar-refractivity contribution in [1.29, 1.82) is 0 Å². The minimum atomic E-state index is -0.142. The average molecular weight is 247 g/mol. The van der Waals surface area contributed by atoms with E-state index < -0.39 is 0 Å². The molecule has 17 heavy (non-hydrogen) atoms. The predicted molar refractivity (Wildman–Crippen MR) is 68.0 cm³/mol. The fraction of sp³-hybridized carbons (Fsp3) is 0.308. The zero-order chi connectivity index (χ0) is 11.8. The van der Waals surface area contributed by atoms with Crippen molar-refractivity contribution in [3.8, 4) is 0 Å². The number of thiocarbonyl (C=S) groups is 1. The molecule has 87 valence electrons. The SMILES string of the molecule is Fc1ccc2c(c1)CCC2CC1=CNC(=S)[N]1. The smallest absolute Gasteiger partial charge is 0.197 e. The van der Waals surface area contributed by atoms with Crippen LogP contribution in [-0.4, -0.2) is 5.11 Å². The van der Waals surface area contributed by atoms with Gasteiger partial charge in [-0.15, -0.1) is 0 Å². The second-order valence-corrected chi connectivity index (χ2v) is 4.87. The number of nitrogens with one attached hydrogen (secondary N) is 1. The van der Waals surface area contributed by atoms with E-state index in [1.165, 1.54) is 5.56 Å². The van der Waals surface area contributed by atoms with Crippen molar-refractivity contribution < 1.29 is 4.39 Å². The van der Waals surface area contributed by atoms with Crippen molar-refractivity contribution in [2.45, 2.75) is 25.2 Å². The van der Waals surface area contributed by atoms with Gasteiger partial charge in [0, 0.05) is 6.20 Å². The largest absolute Gasteiger partial charge is 0.336 e. The Labute approximate surface area is 105 Å². The Hall–Kier alpha value is -1.42. The third-order valence-corrected chi connectivity index (χ3v) is 3.58. The van der Waals surface area contributed by atoms with Gasteiger partial charge in [-0.3, -0.25) is 0 Å². The molecule has 2 nitrogen and oxygen atoms in total. The Morgan fingerprint density at radius 3 is 3.12 bits per heavy atom. The highest BCUT2D eigenvalue weighted by atomic mass is 32.1. The summed E-state index contributed by atoms with van der Waals surface area (Å²) in [6.07, 6.45) is 4.77. The summed E-state index contributed by atoms with van der Waals surface area (Å²) < 4.78 is 13.1. The number of hydrogen-bond acceptors (Lipinski definition) is 1. The second-order valence-electron chi connectivity index (χ2n) is 4.48. The number of aryl methyl sites for hydroxylation is 1. The molecule has 1 atom stereocenters. The second kappa shape index (κ2) is 4.11. The number of allylic oxidation sites excluding steroid dienone is 1. The van der Waals surface area contributed by atoms with Crippen molar-refractivity contribution in [2.75, 3.05) is 0 Å². The van der Waals surface area contributed by atoms with E-state index in [9.17, 15) is 4.39 Å². The van der Waals surface area contributed by atoms with Crippen molar-refractivity contribution in [3.63, 3.8) is 0 Å². The highest BCUT2D eigenvalue weighted by Crippen LogP contribution is 2.37. The van der Waals surface area contributed by atoms with Crippen LogP contribution in [0.4, 0.5) is 4.39 Å². The number of rotatable bonds is 2. The summed E-state index contributed by atoms with van der Waals surface area (Å²) >= 11 is 4.95. The van der Waals surface area contributed by atoms with Crippen molar-refractivity contribution >= 4 is 17.3 Å². The van der Waals surface area contributed by atoms with Gasteiger partial charge in [-0.2, -0.15) is 0 Å². The maximum Gasteiger partial charge on any atom is 0.197 e. The van der Waals surface area contributed by atoms with Crippen LogP contribution in [0, 0.1) is 5.82 Å². The molecule has 0 spiro atoms. The molecule has 0 bridgehead atoms. The van der Waals surface area contributed by atoms with Gasteiger partial charge < -0.3 is 5.32 Å². The molecule has 1 radical (unpaired) electrons. The van der Waals surface area contributed by atoms with Gasteiger partial charge in [-0.25, -0.2) is 9.71 Å². The molecule has 0 saturated heterocycles. The lowest BCUT2D eigenvalue weighted by molar-refractivity contribution is 0.625. The molecule has 3 rings (SSSR count). The topological polar surface area (TPSA) is 26.1 Å². The van der Waals surface area contributed by atoms with Gasteiger partial charge in [0.1, 0.15) is 5.82 Å². The first-order chi connectivity index (χ1) is 8.22. The average Bonchev–Trinajstić information content (AvgIpc) is 2.86. The Morgan fingerprint density at radius 2 is 2.35 bits per heavy atom. The highest BCUT2D eigenvalue weighted by Gasteiger charge is 2.25. The van der Waals surface area contributed by atoms with E-state index in [2.05, 4.69) is 10.6 Å². The molecule has 1 N–H and O–H groups in total. The normalized spacial score (nSPS) is 21.8. The van der Waals surface area contributed by atoms with Crippen LogP contribution in [0.5, 0.6) is 0 Å². The number of fused-ring (bicyclic) bond motifs is 1. The van der Waals surface area contributed by atoms with Gasteiger partial charge in [0.05, 0.1) is 5.70 Å². The molecule has 1 aliphatic carbocycles. The van der Waals surface area contributed by atoms with Gasteiger partial charge in [0.2, 0.25) is 0 Å². The Bertz CT molecular complexity index is 510. The van der Waals surface area contributed by atoms with Crippen molar-refractivity contribution in [3.05, 3.63) is 47.0 Å². The Kier molecular flexibility index (Phi) is 2.59. The zero-order valence-electron chi connectivity index (χ0n) is 9.24. The number of benzene rings is 1. The summed E-state index contributed by atoms with van der Waals surface area (Å²) in [4.78, 5) is 0. The number of hydrogen-bond donors (Lipinski definition) is 1. The minimum absolute atomic E-state index is 0.142. The lowest BCUT2D eigenvalue weighted by Crippen LogP contribution is -2.16. The molecule has 1 aromatic carbocycles. The summed E-state index contributed by atoms with van der Waals surface area (Å²) in [6, 6.07) is 5.10. The van der Waals surface area contributed by atoms with E-state index in [1.807, 2.05) is 12.3 Å². The van der Waals surface area contributed by atoms with Gasteiger partial charge >= 0.3 is 0 Å².